The Morgan fingerprint density at radius 2 is 2.04 bits per heavy atom. The SMILES string of the molecule is COc1ccc(C)cc1Nc1nc(C(=O)NCc2ccncc2)cs1. The van der Waals surface area contributed by atoms with Crippen molar-refractivity contribution in [1.29, 1.82) is 0 Å². The summed E-state index contributed by atoms with van der Waals surface area (Å²) in [5, 5.41) is 8.42. The minimum absolute atomic E-state index is 0.211. The van der Waals surface area contributed by atoms with Crippen molar-refractivity contribution in [2.24, 2.45) is 0 Å². The summed E-state index contributed by atoms with van der Waals surface area (Å²) in [5.74, 6) is 0.516. The molecule has 0 fully saturated rings. The van der Waals surface area contributed by atoms with E-state index in [2.05, 4.69) is 20.6 Å². The molecule has 0 bridgehead atoms. The van der Waals surface area contributed by atoms with Gasteiger partial charge in [-0.25, -0.2) is 4.98 Å². The summed E-state index contributed by atoms with van der Waals surface area (Å²) in [7, 11) is 1.62. The number of aryl methyl sites for hydroxylation is 1. The lowest BCUT2D eigenvalue weighted by Crippen LogP contribution is -2.23. The van der Waals surface area contributed by atoms with Crippen molar-refractivity contribution in [3.05, 3.63) is 64.9 Å². The lowest BCUT2D eigenvalue weighted by atomic mass is 10.2. The number of carbonyl (C=O) groups is 1. The van der Waals surface area contributed by atoms with Crippen LogP contribution >= 0.6 is 11.3 Å². The molecule has 0 unspecified atom stereocenters. The number of nitrogens with zero attached hydrogens (tertiary/aromatic N) is 2. The minimum Gasteiger partial charge on any atom is -0.495 e. The van der Waals surface area contributed by atoms with E-state index in [0.717, 1.165) is 22.6 Å². The molecule has 0 saturated carbocycles. The van der Waals surface area contributed by atoms with E-state index in [0.29, 0.717) is 17.4 Å². The number of carbonyl (C=O) groups excluding carboxylic acids is 1. The third-order valence-electron chi connectivity index (χ3n) is 3.54. The molecule has 1 aromatic carbocycles. The maximum atomic E-state index is 12.2. The second kappa shape index (κ2) is 7.76. The van der Waals surface area contributed by atoms with E-state index in [9.17, 15) is 4.79 Å². The Kier molecular flexibility index (Phi) is 5.25. The first-order valence-corrected chi connectivity index (χ1v) is 8.58. The van der Waals surface area contributed by atoms with Gasteiger partial charge in [-0.05, 0) is 42.3 Å². The van der Waals surface area contributed by atoms with Gasteiger partial charge in [-0.2, -0.15) is 0 Å². The van der Waals surface area contributed by atoms with Crippen LogP contribution in [-0.2, 0) is 6.54 Å². The zero-order chi connectivity index (χ0) is 17.6. The molecule has 0 radical (unpaired) electrons. The lowest BCUT2D eigenvalue weighted by molar-refractivity contribution is 0.0946. The zero-order valence-corrected chi connectivity index (χ0v) is 14.8. The number of amides is 1. The molecule has 128 valence electrons. The molecule has 0 aliphatic rings. The lowest BCUT2D eigenvalue weighted by Gasteiger charge is -2.09. The van der Waals surface area contributed by atoms with E-state index in [4.69, 9.17) is 4.74 Å². The number of anilines is 2. The normalized spacial score (nSPS) is 10.3. The number of aromatic nitrogens is 2. The molecular weight excluding hydrogens is 336 g/mol. The summed E-state index contributed by atoms with van der Waals surface area (Å²) in [6, 6.07) is 9.57. The van der Waals surface area contributed by atoms with Crippen LogP contribution in [0.4, 0.5) is 10.8 Å². The fourth-order valence-electron chi connectivity index (χ4n) is 2.24. The fourth-order valence-corrected chi connectivity index (χ4v) is 2.95. The van der Waals surface area contributed by atoms with Crippen molar-refractivity contribution in [3.8, 4) is 5.75 Å². The quantitative estimate of drug-likeness (QED) is 0.708. The molecule has 2 aromatic heterocycles. The maximum Gasteiger partial charge on any atom is 0.271 e. The average molecular weight is 354 g/mol. The molecular formula is C18H18N4O2S. The van der Waals surface area contributed by atoms with E-state index < -0.39 is 0 Å². The number of nitrogens with one attached hydrogen (secondary N) is 2. The molecule has 6 nitrogen and oxygen atoms in total. The van der Waals surface area contributed by atoms with Gasteiger partial charge in [0, 0.05) is 24.3 Å². The van der Waals surface area contributed by atoms with Crippen LogP contribution < -0.4 is 15.4 Å². The first kappa shape index (κ1) is 16.9. The first-order valence-electron chi connectivity index (χ1n) is 7.70. The third-order valence-corrected chi connectivity index (χ3v) is 4.29. The Bertz CT molecular complexity index is 865. The standard InChI is InChI=1S/C18H18N4O2S/c1-12-3-4-16(24-2)14(9-12)21-18-22-15(11-25-18)17(23)20-10-13-5-7-19-8-6-13/h3-9,11H,10H2,1-2H3,(H,20,23)(H,21,22). The molecule has 0 spiro atoms. The number of ether oxygens (including phenoxy) is 1. The summed E-state index contributed by atoms with van der Waals surface area (Å²) in [6.07, 6.45) is 3.39. The monoisotopic (exact) mass is 354 g/mol. The molecule has 3 rings (SSSR count). The van der Waals surface area contributed by atoms with E-state index in [-0.39, 0.29) is 5.91 Å². The second-order valence-electron chi connectivity index (χ2n) is 5.40. The van der Waals surface area contributed by atoms with Crippen molar-refractivity contribution in [3.63, 3.8) is 0 Å². The summed E-state index contributed by atoms with van der Waals surface area (Å²) in [4.78, 5) is 20.5. The Hall–Kier alpha value is -2.93. The maximum absolute atomic E-state index is 12.2. The number of benzene rings is 1. The predicted molar refractivity (Wildman–Crippen MR) is 98.5 cm³/mol. The first-order chi connectivity index (χ1) is 12.2. The summed E-state index contributed by atoms with van der Waals surface area (Å²) < 4.78 is 5.34. The van der Waals surface area contributed by atoms with Gasteiger partial charge in [-0.15, -0.1) is 11.3 Å². The number of pyridine rings is 1. The highest BCUT2D eigenvalue weighted by molar-refractivity contribution is 7.14. The highest BCUT2D eigenvalue weighted by Crippen LogP contribution is 2.29. The smallest absolute Gasteiger partial charge is 0.271 e. The van der Waals surface area contributed by atoms with Gasteiger partial charge >= 0.3 is 0 Å². The Morgan fingerprint density at radius 1 is 1.24 bits per heavy atom. The average Bonchev–Trinajstić information content (AvgIpc) is 3.09. The van der Waals surface area contributed by atoms with Crippen molar-refractivity contribution in [2.45, 2.75) is 13.5 Å². The molecule has 25 heavy (non-hydrogen) atoms. The largest absolute Gasteiger partial charge is 0.495 e. The fraction of sp³-hybridized carbons (Fsp3) is 0.167. The van der Waals surface area contributed by atoms with E-state index in [1.165, 1.54) is 11.3 Å². The summed E-state index contributed by atoms with van der Waals surface area (Å²) in [5.41, 5.74) is 3.30. The highest BCUT2D eigenvalue weighted by atomic mass is 32.1. The van der Waals surface area contributed by atoms with Crippen molar-refractivity contribution in [2.75, 3.05) is 12.4 Å². The zero-order valence-electron chi connectivity index (χ0n) is 13.9. The van der Waals surface area contributed by atoms with Crippen LogP contribution in [0.15, 0.2) is 48.1 Å². The van der Waals surface area contributed by atoms with Crippen LogP contribution in [0.1, 0.15) is 21.6 Å². The molecule has 3 aromatic rings. The van der Waals surface area contributed by atoms with Crippen LogP contribution in [-0.4, -0.2) is 23.0 Å². The van der Waals surface area contributed by atoms with Gasteiger partial charge in [0.1, 0.15) is 11.4 Å². The van der Waals surface area contributed by atoms with E-state index in [1.54, 1.807) is 24.9 Å². The molecule has 7 heteroatoms. The van der Waals surface area contributed by atoms with Gasteiger partial charge in [0.25, 0.3) is 5.91 Å². The number of hydrogen-bond acceptors (Lipinski definition) is 6. The predicted octanol–water partition coefficient (Wildman–Crippen LogP) is 3.53. The minimum atomic E-state index is -0.211. The van der Waals surface area contributed by atoms with Gasteiger partial charge in [0.15, 0.2) is 5.13 Å². The molecule has 0 atom stereocenters. The molecule has 0 saturated heterocycles. The number of hydrogen-bond donors (Lipinski definition) is 2. The number of rotatable bonds is 6. The Morgan fingerprint density at radius 3 is 2.80 bits per heavy atom. The molecule has 0 aliphatic heterocycles. The van der Waals surface area contributed by atoms with Gasteiger partial charge in [-0.3, -0.25) is 9.78 Å². The summed E-state index contributed by atoms with van der Waals surface area (Å²) >= 11 is 1.37. The van der Waals surface area contributed by atoms with Gasteiger partial charge in [-0.1, -0.05) is 6.07 Å². The molecule has 0 aliphatic carbocycles. The summed E-state index contributed by atoms with van der Waals surface area (Å²) in [6.45, 7) is 2.44. The molecule has 1 amide bonds. The van der Waals surface area contributed by atoms with Crippen molar-refractivity contribution >= 4 is 28.1 Å². The second-order valence-corrected chi connectivity index (χ2v) is 6.26. The third kappa shape index (κ3) is 4.33. The number of thiazole rings is 1. The van der Waals surface area contributed by atoms with E-state index in [1.807, 2.05) is 37.3 Å². The highest BCUT2D eigenvalue weighted by Gasteiger charge is 2.12. The van der Waals surface area contributed by atoms with Gasteiger partial charge in [0.05, 0.1) is 12.8 Å². The molecule has 2 N–H and O–H groups in total. The van der Waals surface area contributed by atoms with Crippen molar-refractivity contribution < 1.29 is 9.53 Å². The van der Waals surface area contributed by atoms with Crippen LogP contribution in [0.2, 0.25) is 0 Å². The van der Waals surface area contributed by atoms with Gasteiger partial charge in [0.2, 0.25) is 0 Å². The van der Waals surface area contributed by atoms with Crippen molar-refractivity contribution in [1.82, 2.24) is 15.3 Å². The number of methoxy groups -OCH3 is 1. The molecule has 2 heterocycles. The van der Waals surface area contributed by atoms with E-state index >= 15 is 0 Å². The Balaban J connectivity index is 1.66. The van der Waals surface area contributed by atoms with Gasteiger partial charge < -0.3 is 15.4 Å². The van der Waals surface area contributed by atoms with Crippen LogP contribution in [0.5, 0.6) is 5.75 Å². The topological polar surface area (TPSA) is 76.1 Å². The Labute approximate surface area is 149 Å². The van der Waals surface area contributed by atoms with Crippen LogP contribution in [0.3, 0.4) is 0 Å². The van der Waals surface area contributed by atoms with Crippen LogP contribution in [0.25, 0.3) is 0 Å². The van der Waals surface area contributed by atoms with Crippen LogP contribution in [0, 0.1) is 6.92 Å².